The van der Waals surface area contributed by atoms with Gasteiger partial charge in [-0.05, 0) is 18.2 Å². The maximum Gasteiger partial charge on any atom is 0.251 e. The molecule has 3 N–H and O–H groups in total. The minimum Gasteiger partial charge on any atom is -0.395 e. The molecule has 1 aromatic carbocycles. The van der Waals surface area contributed by atoms with Crippen LogP contribution >= 0.6 is 0 Å². The van der Waals surface area contributed by atoms with Crippen LogP contribution in [0, 0.1) is 17.7 Å². The van der Waals surface area contributed by atoms with Crippen molar-refractivity contribution in [3.05, 3.63) is 35.1 Å². The van der Waals surface area contributed by atoms with Crippen molar-refractivity contribution in [1.82, 2.24) is 0 Å². The van der Waals surface area contributed by atoms with E-state index in [1.807, 2.05) is 0 Å². The number of carbonyl (C=O) groups excluding carboxylic acids is 1. The Hall–Kier alpha value is -1.86. The van der Waals surface area contributed by atoms with Crippen molar-refractivity contribution < 1.29 is 14.3 Å². The van der Waals surface area contributed by atoms with Crippen LogP contribution in [-0.4, -0.2) is 17.6 Å². The molecular weight excluding hydrogens is 197 g/mol. The number of benzene rings is 1. The van der Waals surface area contributed by atoms with Crippen LogP contribution in [0.2, 0.25) is 0 Å². The van der Waals surface area contributed by atoms with Gasteiger partial charge in [-0.2, -0.15) is 0 Å². The number of aliphatic hydroxyl groups excluding tert-OH is 1. The average molecular weight is 207 g/mol. The molecule has 3 nitrogen and oxygen atoms in total. The zero-order valence-corrected chi connectivity index (χ0v) is 7.96. The van der Waals surface area contributed by atoms with Gasteiger partial charge in [0.2, 0.25) is 0 Å². The van der Waals surface area contributed by atoms with Gasteiger partial charge in [0.25, 0.3) is 5.91 Å². The lowest BCUT2D eigenvalue weighted by Gasteiger charge is -1.97. The second-order valence-corrected chi connectivity index (χ2v) is 2.83. The third-order valence-electron chi connectivity index (χ3n) is 1.70. The van der Waals surface area contributed by atoms with Gasteiger partial charge in [0.15, 0.2) is 0 Å². The summed E-state index contributed by atoms with van der Waals surface area (Å²) in [5.74, 6) is 3.81. The van der Waals surface area contributed by atoms with Crippen molar-refractivity contribution in [2.75, 3.05) is 6.61 Å². The summed E-state index contributed by atoms with van der Waals surface area (Å²) in [7, 11) is 0. The second-order valence-electron chi connectivity index (χ2n) is 2.83. The predicted octanol–water partition coefficient (Wildman–Crippen LogP) is 0.659. The molecule has 0 radical (unpaired) electrons. The lowest BCUT2D eigenvalue weighted by molar-refractivity contribution is 0.0996. The van der Waals surface area contributed by atoms with Crippen molar-refractivity contribution in [2.24, 2.45) is 5.73 Å². The van der Waals surface area contributed by atoms with Crippen LogP contribution in [0.5, 0.6) is 0 Å². The van der Waals surface area contributed by atoms with E-state index in [0.29, 0.717) is 12.0 Å². The molecule has 0 aliphatic carbocycles. The number of halogens is 1. The lowest BCUT2D eigenvalue weighted by Crippen LogP contribution is -2.12. The number of hydrogen-bond donors (Lipinski definition) is 2. The molecule has 0 atom stereocenters. The molecular formula is C11H10FNO2. The number of rotatable bonds is 2. The number of aliphatic hydroxyl groups is 1. The Morgan fingerprint density at radius 2 is 2.27 bits per heavy atom. The summed E-state index contributed by atoms with van der Waals surface area (Å²) in [5.41, 5.74) is 5.24. The fourth-order valence-electron chi connectivity index (χ4n) is 1.01. The molecule has 0 aliphatic rings. The Balaban J connectivity index is 2.93. The van der Waals surface area contributed by atoms with Crippen molar-refractivity contribution in [3.8, 4) is 11.8 Å². The first kappa shape index (κ1) is 11.2. The maximum atomic E-state index is 13.2. The molecule has 0 aromatic heterocycles. The molecule has 0 heterocycles. The first-order chi connectivity index (χ1) is 7.15. The lowest BCUT2D eigenvalue weighted by atomic mass is 10.1. The molecule has 1 rings (SSSR count). The van der Waals surface area contributed by atoms with E-state index in [9.17, 15) is 9.18 Å². The minimum atomic E-state index is -0.803. The van der Waals surface area contributed by atoms with Crippen LogP contribution in [-0.2, 0) is 0 Å². The van der Waals surface area contributed by atoms with Crippen LogP contribution in [0.25, 0.3) is 0 Å². The summed E-state index contributed by atoms with van der Waals surface area (Å²) in [5, 5.41) is 8.48. The van der Waals surface area contributed by atoms with E-state index in [0.717, 1.165) is 6.07 Å². The number of primary amides is 1. The maximum absolute atomic E-state index is 13.2. The number of nitrogens with two attached hydrogens (primary N) is 1. The van der Waals surface area contributed by atoms with Gasteiger partial charge < -0.3 is 10.8 Å². The zero-order chi connectivity index (χ0) is 11.3. The smallest absolute Gasteiger partial charge is 0.251 e. The van der Waals surface area contributed by atoms with E-state index >= 15 is 0 Å². The average Bonchev–Trinajstić information content (AvgIpc) is 2.17. The number of carbonyl (C=O) groups is 1. The topological polar surface area (TPSA) is 63.3 Å². The van der Waals surface area contributed by atoms with Crippen LogP contribution < -0.4 is 5.73 Å². The highest BCUT2D eigenvalue weighted by atomic mass is 19.1. The van der Waals surface area contributed by atoms with Crippen LogP contribution in [0.1, 0.15) is 22.3 Å². The number of amides is 1. The van der Waals surface area contributed by atoms with Crippen LogP contribution in [0.3, 0.4) is 0 Å². The standard InChI is InChI=1S/C11H10FNO2/c12-10-7-8(3-1-2-6-14)4-5-9(10)11(13)15/h4-5,7,14H,2,6H2,(H2,13,15). The van der Waals surface area contributed by atoms with E-state index < -0.39 is 11.7 Å². The van der Waals surface area contributed by atoms with Gasteiger partial charge in [-0.25, -0.2) is 4.39 Å². The fourth-order valence-corrected chi connectivity index (χ4v) is 1.01. The minimum absolute atomic E-state index is 0.0329. The first-order valence-corrected chi connectivity index (χ1v) is 4.34. The van der Waals surface area contributed by atoms with Crippen LogP contribution in [0.15, 0.2) is 18.2 Å². The number of hydrogen-bond acceptors (Lipinski definition) is 2. The van der Waals surface area contributed by atoms with Gasteiger partial charge in [-0.3, -0.25) is 4.79 Å². The highest BCUT2D eigenvalue weighted by Crippen LogP contribution is 2.08. The molecule has 0 saturated carbocycles. The van der Waals surface area contributed by atoms with E-state index in [4.69, 9.17) is 10.8 Å². The monoisotopic (exact) mass is 207 g/mol. The molecule has 0 saturated heterocycles. The van der Waals surface area contributed by atoms with Gasteiger partial charge in [0, 0.05) is 12.0 Å². The summed E-state index contributed by atoms with van der Waals surface area (Å²) in [6, 6.07) is 3.94. The Morgan fingerprint density at radius 1 is 1.53 bits per heavy atom. The molecule has 1 aromatic rings. The summed E-state index contributed by atoms with van der Waals surface area (Å²) >= 11 is 0. The molecule has 0 unspecified atom stereocenters. The van der Waals surface area contributed by atoms with E-state index in [2.05, 4.69) is 11.8 Å². The summed E-state index contributed by atoms with van der Waals surface area (Å²) < 4.78 is 13.2. The van der Waals surface area contributed by atoms with Gasteiger partial charge >= 0.3 is 0 Å². The molecule has 4 heteroatoms. The first-order valence-electron chi connectivity index (χ1n) is 4.34. The largest absolute Gasteiger partial charge is 0.395 e. The van der Waals surface area contributed by atoms with E-state index in [-0.39, 0.29) is 12.2 Å². The van der Waals surface area contributed by atoms with Crippen molar-refractivity contribution in [3.63, 3.8) is 0 Å². The third-order valence-corrected chi connectivity index (χ3v) is 1.70. The molecule has 0 aliphatic heterocycles. The fraction of sp³-hybridized carbons (Fsp3) is 0.182. The molecule has 0 bridgehead atoms. The summed E-state index contributed by atoms with van der Waals surface area (Å²) in [6.07, 6.45) is 0.333. The second kappa shape index (κ2) is 5.13. The van der Waals surface area contributed by atoms with Gasteiger partial charge in [-0.15, -0.1) is 0 Å². The van der Waals surface area contributed by atoms with E-state index in [1.54, 1.807) is 0 Å². The van der Waals surface area contributed by atoms with Crippen molar-refractivity contribution in [2.45, 2.75) is 6.42 Å². The highest BCUT2D eigenvalue weighted by Gasteiger charge is 2.07. The van der Waals surface area contributed by atoms with Crippen molar-refractivity contribution >= 4 is 5.91 Å². The Kier molecular flexibility index (Phi) is 3.83. The summed E-state index contributed by atoms with van der Waals surface area (Å²) in [4.78, 5) is 10.7. The SMILES string of the molecule is NC(=O)c1ccc(C#CCCO)cc1F. The Morgan fingerprint density at radius 3 is 2.80 bits per heavy atom. The Bertz CT molecular complexity index is 432. The predicted molar refractivity (Wildman–Crippen MR) is 53.5 cm³/mol. The zero-order valence-electron chi connectivity index (χ0n) is 7.96. The van der Waals surface area contributed by atoms with Crippen molar-refractivity contribution in [1.29, 1.82) is 0 Å². The Labute approximate surface area is 86.7 Å². The van der Waals surface area contributed by atoms with Gasteiger partial charge in [0.1, 0.15) is 5.82 Å². The molecule has 0 fully saturated rings. The molecule has 1 amide bonds. The quantitative estimate of drug-likeness (QED) is 0.700. The van der Waals surface area contributed by atoms with E-state index in [1.165, 1.54) is 12.1 Å². The van der Waals surface area contributed by atoms with Gasteiger partial charge in [-0.1, -0.05) is 11.8 Å². The highest BCUT2D eigenvalue weighted by molar-refractivity contribution is 5.93. The molecule has 78 valence electrons. The van der Waals surface area contributed by atoms with Gasteiger partial charge in [0.05, 0.1) is 12.2 Å². The third kappa shape index (κ3) is 3.08. The van der Waals surface area contributed by atoms with Crippen LogP contribution in [0.4, 0.5) is 4.39 Å². The normalized spacial score (nSPS) is 9.20. The molecule has 15 heavy (non-hydrogen) atoms. The molecule has 0 spiro atoms. The summed E-state index contributed by atoms with van der Waals surface area (Å²) in [6.45, 7) is -0.0329.